The summed E-state index contributed by atoms with van der Waals surface area (Å²) in [5, 5.41) is 3.38. The number of piperidine rings is 1. The lowest BCUT2D eigenvalue weighted by atomic mass is 9.84. The van der Waals surface area contributed by atoms with Crippen molar-refractivity contribution < 1.29 is 4.79 Å². The van der Waals surface area contributed by atoms with Crippen LogP contribution in [0.4, 0.5) is 0 Å². The van der Waals surface area contributed by atoms with Crippen molar-refractivity contribution >= 4 is 5.91 Å². The lowest BCUT2D eigenvalue weighted by Crippen LogP contribution is -2.34. The van der Waals surface area contributed by atoms with Crippen molar-refractivity contribution in [3.05, 3.63) is 35.9 Å². The summed E-state index contributed by atoms with van der Waals surface area (Å²) in [7, 11) is 1.91. The van der Waals surface area contributed by atoms with Crippen LogP contribution in [0, 0.1) is 11.8 Å². The summed E-state index contributed by atoms with van der Waals surface area (Å²) in [4.78, 5) is 14.2. The van der Waals surface area contributed by atoms with Crippen molar-refractivity contribution in [3.8, 4) is 0 Å². The van der Waals surface area contributed by atoms with E-state index in [1.165, 1.54) is 18.4 Å². The zero-order valence-corrected chi connectivity index (χ0v) is 12.6. The molecule has 1 heterocycles. The molecule has 0 spiro atoms. The van der Waals surface area contributed by atoms with E-state index in [4.69, 9.17) is 0 Å². The van der Waals surface area contributed by atoms with Crippen LogP contribution in [-0.2, 0) is 11.3 Å². The molecule has 20 heavy (non-hydrogen) atoms. The summed E-state index contributed by atoms with van der Waals surface area (Å²) in [6, 6.07) is 10.2. The second kappa shape index (κ2) is 7.44. The second-order valence-corrected chi connectivity index (χ2v) is 6.00. The summed E-state index contributed by atoms with van der Waals surface area (Å²) in [6.07, 6.45) is 3.09. The first kappa shape index (κ1) is 15.0. The molecule has 0 aromatic heterocycles. The molecule has 1 fully saturated rings. The van der Waals surface area contributed by atoms with E-state index in [2.05, 4.69) is 24.4 Å². The Morgan fingerprint density at radius 2 is 1.95 bits per heavy atom. The Hall–Kier alpha value is -1.35. The monoisotopic (exact) mass is 274 g/mol. The highest BCUT2D eigenvalue weighted by molar-refractivity contribution is 5.76. The van der Waals surface area contributed by atoms with Crippen LogP contribution in [0.5, 0.6) is 0 Å². The molecule has 1 aromatic carbocycles. The highest BCUT2D eigenvalue weighted by atomic mass is 16.2. The Morgan fingerprint density at radius 1 is 1.30 bits per heavy atom. The molecular weight excluding hydrogens is 248 g/mol. The van der Waals surface area contributed by atoms with Crippen molar-refractivity contribution in [1.82, 2.24) is 10.2 Å². The van der Waals surface area contributed by atoms with Gasteiger partial charge in [-0.25, -0.2) is 0 Å². The molecule has 1 saturated heterocycles. The molecule has 1 aromatic rings. The van der Waals surface area contributed by atoms with E-state index in [9.17, 15) is 4.79 Å². The van der Waals surface area contributed by atoms with Gasteiger partial charge in [-0.05, 0) is 43.3 Å². The van der Waals surface area contributed by atoms with E-state index in [1.807, 2.05) is 30.1 Å². The van der Waals surface area contributed by atoms with Gasteiger partial charge in [-0.3, -0.25) is 4.79 Å². The molecule has 2 rings (SSSR count). The fourth-order valence-corrected chi connectivity index (χ4v) is 2.96. The van der Waals surface area contributed by atoms with Gasteiger partial charge in [0.05, 0.1) is 0 Å². The van der Waals surface area contributed by atoms with Gasteiger partial charge >= 0.3 is 0 Å². The van der Waals surface area contributed by atoms with Crippen LogP contribution >= 0.6 is 0 Å². The van der Waals surface area contributed by atoms with Crippen molar-refractivity contribution in [1.29, 1.82) is 0 Å². The largest absolute Gasteiger partial charge is 0.341 e. The summed E-state index contributed by atoms with van der Waals surface area (Å²) >= 11 is 0. The van der Waals surface area contributed by atoms with Gasteiger partial charge in [0.15, 0.2) is 0 Å². The van der Waals surface area contributed by atoms with Gasteiger partial charge in [-0.1, -0.05) is 37.3 Å². The summed E-state index contributed by atoms with van der Waals surface area (Å²) in [6.45, 7) is 5.13. The summed E-state index contributed by atoms with van der Waals surface area (Å²) < 4.78 is 0. The van der Waals surface area contributed by atoms with E-state index in [1.54, 1.807) is 0 Å². The van der Waals surface area contributed by atoms with Gasteiger partial charge in [0, 0.05) is 20.0 Å². The van der Waals surface area contributed by atoms with Gasteiger partial charge in [0.1, 0.15) is 0 Å². The minimum absolute atomic E-state index is 0.264. The van der Waals surface area contributed by atoms with E-state index in [0.717, 1.165) is 13.1 Å². The average Bonchev–Trinajstić information content (AvgIpc) is 2.49. The Morgan fingerprint density at radius 3 is 2.60 bits per heavy atom. The van der Waals surface area contributed by atoms with E-state index in [0.29, 0.717) is 24.8 Å². The van der Waals surface area contributed by atoms with E-state index < -0.39 is 0 Å². The third-order valence-electron chi connectivity index (χ3n) is 4.37. The molecular formula is C17H26N2O. The Kier molecular flexibility index (Phi) is 5.60. The van der Waals surface area contributed by atoms with Crippen LogP contribution in [0.1, 0.15) is 31.7 Å². The fraction of sp³-hybridized carbons (Fsp3) is 0.588. The number of carbonyl (C=O) groups excluding carboxylic acids is 1. The molecule has 1 N–H and O–H groups in total. The fourth-order valence-electron chi connectivity index (χ4n) is 2.96. The third-order valence-corrected chi connectivity index (χ3v) is 4.37. The number of benzene rings is 1. The quantitative estimate of drug-likeness (QED) is 0.895. The molecule has 0 bridgehead atoms. The number of amides is 1. The molecule has 110 valence electrons. The zero-order valence-electron chi connectivity index (χ0n) is 12.6. The first-order valence-electron chi connectivity index (χ1n) is 7.65. The Labute approximate surface area is 122 Å². The lowest BCUT2D eigenvalue weighted by molar-refractivity contribution is -0.131. The molecule has 3 heteroatoms. The number of nitrogens with one attached hydrogen (secondary N) is 1. The normalized spacial score (nSPS) is 17.7. The van der Waals surface area contributed by atoms with Crippen LogP contribution in [0.2, 0.25) is 0 Å². The number of carbonyl (C=O) groups is 1. The summed E-state index contributed by atoms with van der Waals surface area (Å²) in [5.74, 6) is 1.45. The number of hydrogen-bond acceptors (Lipinski definition) is 2. The molecule has 1 aliphatic rings. The van der Waals surface area contributed by atoms with Gasteiger partial charge in [0.25, 0.3) is 0 Å². The van der Waals surface area contributed by atoms with Gasteiger partial charge in [0.2, 0.25) is 5.91 Å². The van der Waals surface area contributed by atoms with Crippen molar-refractivity contribution in [2.45, 2.75) is 32.7 Å². The van der Waals surface area contributed by atoms with Gasteiger partial charge < -0.3 is 10.2 Å². The minimum atomic E-state index is 0.264. The van der Waals surface area contributed by atoms with Gasteiger partial charge in [-0.15, -0.1) is 0 Å². The minimum Gasteiger partial charge on any atom is -0.341 e. The molecule has 0 aliphatic carbocycles. The molecule has 1 unspecified atom stereocenters. The average molecular weight is 274 g/mol. The molecule has 3 nitrogen and oxygen atoms in total. The number of nitrogens with zero attached hydrogens (tertiary/aromatic N) is 1. The van der Waals surface area contributed by atoms with Crippen LogP contribution in [0.3, 0.4) is 0 Å². The van der Waals surface area contributed by atoms with Gasteiger partial charge in [-0.2, -0.15) is 0 Å². The van der Waals surface area contributed by atoms with Crippen LogP contribution in [-0.4, -0.2) is 30.9 Å². The smallest absolute Gasteiger partial charge is 0.222 e. The highest BCUT2D eigenvalue weighted by Gasteiger charge is 2.23. The predicted octanol–water partition coefficient (Wildman–Crippen LogP) is 2.67. The standard InChI is InChI=1S/C17H26N2O/c1-14(16-8-10-18-11-9-16)12-17(20)19(2)13-15-6-4-3-5-7-15/h3-7,14,16,18H,8-13H2,1-2H3. The SMILES string of the molecule is CC(CC(=O)N(C)Cc1ccccc1)C1CCNCC1. The Balaban J connectivity index is 1.81. The maximum atomic E-state index is 12.3. The topological polar surface area (TPSA) is 32.3 Å². The second-order valence-electron chi connectivity index (χ2n) is 6.00. The predicted molar refractivity (Wildman–Crippen MR) is 82.3 cm³/mol. The van der Waals surface area contributed by atoms with Crippen LogP contribution in [0.25, 0.3) is 0 Å². The summed E-state index contributed by atoms with van der Waals surface area (Å²) in [5.41, 5.74) is 1.19. The first-order chi connectivity index (χ1) is 9.66. The van der Waals surface area contributed by atoms with E-state index in [-0.39, 0.29) is 5.91 Å². The molecule has 0 saturated carbocycles. The molecule has 1 atom stereocenters. The maximum Gasteiger partial charge on any atom is 0.222 e. The lowest BCUT2D eigenvalue weighted by Gasteiger charge is -2.29. The molecule has 1 aliphatic heterocycles. The van der Waals surface area contributed by atoms with Crippen LogP contribution < -0.4 is 5.32 Å². The van der Waals surface area contributed by atoms with Crippen LogP contribution in [0.15, 0.2) is 30.3 Å². The van der Waals surface area contributed by atoms with Crippen molar-refractivity contribution in [2.75, 3.05) is 20.1 Å². The van der Waals surface area contributed by atoms with Crippen molar-refractivity contribution in [2.24, 2.45) is 11.8 Å². The third kappa shape index (κ3) is 4.34. The van der Waals surface area contributed by atoms with Crippen molar-refractivity contribution in [3.63, 3.8) is 0 Å². The molecule has 0 radical (unpaired) electrons. The first-order valence-corrected chi connectivity index (χ1v) is 7.65. The number of rotatable bonds is 5. The van der Waals surface area contributed by atoms with E-state index >= 15 is 0 Å². The Bertz CT molecular complexity index is 412. The maximum absolute atomic E-state index is 12.3. The number of hydrogen-bond donors (Lipinski definition) is 1. The molecule has 1 amide bonds. The highest BCUT2D eigenvalue weighted by Crippen LogP contribution is 2.24. The zero-order chi connectivity index (χ0) is 14.4.